The molecule has 3 rings (SSSR count). The Balaban J connectivity index is 1.72. The molecule has 0 saturated heterocycles. The van der Waals surface area contributed by atoms with Gasteiger partial charge in [0.1, 0.15) is 5.52 Å². The molecule has 2 aromatic carbocycles. The molecule has 5 heteroatoms. The number of nitrogens with two attached hydrogens (primary N) is 1. The van der Waals surface area contributed by atoms with Crippen LogP contribution < -0.4 is 5.73 Å². The van der Waals surface area contributed by atoms with E-state index in [9.17, 15) is 0 Å². The zero-order chi connectivity index (χ0) is 13.9. The van der Waals surface area contributed by atoms with Crippen LogP contribution in [-0.4, -0.2) is 10.1 Å². The number of anilines is 1. The van der Waals surface area contributed by atoms with Crippen LogP contribution in [0.15, 0.2) is 52.1 Å². The van der Waals surface area contributed by atoms with Gasteiger partial charge in [-0.2, -0.15) is 0 Å². The Morgan fingerprint density at radius 1 is 1.10 bits per heavy atom. The number of aliphatic hydroxyl groups excluding tert-OH is 1. The third-order valence-electron chi connectivity index (χ3n) is 2.96. The van der Waals surface area contributed by atoms with Crippen molar-refractivity contribution in [1.82, 2.24) is 4.98 Å². The number of nitrogens with zero attached hydrogens (tertiary/aromatic N) is 1. The van der Waals surface area contributed by atoms with Crippen molar-refractivity contribution in [3.8, 4) is 0 Å². The third-order valence-corrected chi connectivity index (χ3v) is 3.86. The molecule has 0 aliphatic heterocycles. The minimum absolute atomic E-state index is 0.0694. The van der Waals surface area contributed by atoms with Gasteiger partial charge in [-0.05, 0) is 23.3 Å². The first kappa shape index (κ1) is 13.0. The van der Waals surface area contributed by atoms with Crippen LogP contribution in [0.25, 0.3) is 11.1 Å². The van der Waals surface area contributed by atoms with Gasteiger partial charge in [0.25, 0.3) is 5.22 Å². The van der Waals surface area contributed by atoms with E-state index in [2.05, 4.69) is 4.98 Å². The van der Waals surface area contributed by atoms with Crippen LogP contribution in [0.1, 0.15) is 11.1 Å². The number of hydrogen-bond acceptors (Lipinski definition) is 5. The molecule has 1 heterocycles. The molecule has 0 saturated carbocycles. The smallest absolute Gasteiger partial charge is 0.257 e. The summed E-state index contributed by atoms with van der Waals surface area (Å²) in [6, 6.07) is 13.3. The van der Waals surface area contributed by atoms with Crippen LogP contribution in [0.3, 0.4) is 0 Å². The Hall–Kier alpha value is -1.98. The lowest BCUT2D eigenvalue weighted by Gasteiger charge is -2.00. The molecular formula is C15H14N2O2S. The van der Waals surface area contributed by atoms with Crippen LogP contribution >= 0.6 is 11.8 Å². The average Bonchev–Trinajstić information content (AvgIpc) is 2.87. The monoisotopic (exact) mass is 286 g/mol. The second kappa shape index (κ2) is 5.56. The minimum Gasteiger partial charge on any atom is -0.431 e. The molecule has 0 aliphatic carbocycles. The summed E-state index contributed by atoms with van der Waals surface area (Å²) in [4.78, 5) is 4.40. The Morgan fingerprint density at radius 2 is 1.85 bits per heavy atom. The fourth-order valence-corrected chi connectivity index (χ4v) is 2.66. The lowest BCUT2D eigenvalue weighted by molar-refractivity contribution is 0.282. The van der Waals surface area contributed by atoms with E-state index in [1.807, 2.05) is 36.4 Å². The van der Waals surface area contributed by atoms with Gasteiger partial charge in [-0.15, -0.1) is 0 Å². The van der Waals surface area contributed by atoms with Crippen molar-refractivity contribution in [2.24, 2.45) is 0 Å². The topological polar surface area (TPSA) is 72.3 Å². The normalized spacial score (nSPS) is 11.1. The van der Waals surface area contributed by atoms with Gasteiger partial charge in [0.15, 0.2) is 5.58 Å². The van der Waals surface area contributed by atoms with Crippen molar-refractivity contribution in [3.63, 3.8) is 0 Å². The SMILES string of the molecule is Nc1ccc2nc(SCc3ccc(CO)cc3)oc2c1. The van der Waals surface area contributed by atoms with Crippen LogP contribution in [0.2, 0.25) is 0 Å². The second-order valence-corrected chi connectivity index (χ2v) is 5.40. The first-order valence-corrected chi connectivity index (χ1v) is 7.21. The first-order valence-electron chi connectivity index (χ1n) is 6.22. The fraction of sp³-hybridized carbons (Fsp3) is 0.133. The molecule has 4 nitrogen and oxygen atoms in total. The summed E-state index contributed by atoms with van der Waals surface area (Å²) in [6.45, 7) is 0.0694. The molecule has 20 heavy (non-hydrogen) atoms. The van der Waals surface area contributed by atoms with Crippen molar-refractivity contribution < 1.29 is 9.52 Å². The molecule has 0 amide bonds. The Morgan fingerprint density at radius 3 is 2.60 bits per heavy atom. The number of nitrogen functional groups attached to an aromatic ring is 1. The van der Waals surface area contributed by atoms with Gasteiger partial charge in [0.05, 0.1) is 6.61 Å². The maximum atomic E-state index is 9.00. The molecule has 0 bridgehead atoms. The highest BCUT2D eigenvalue weighted by Gasteiger charge is 2.07. The van der Waals surface area contributed by atoms with Gasteiger partial charge < -0.3 is 15.3 Å². The number of aromatic nitrogens is 1. The number of oxazole rings is 1. The summed E-state index contributed by atoms with van der Waals surface area (Å²) in [5.74, 6) is 0.772. The third kappa shape index (κ3) is 2.79. The van der Waals surface area contributed by atoms with Crippen LogP contribution in [0, 0.1) is 0 Å². The molecule has 1 aromatic heterocycles. The summed E-state index contributed by atoms with van der Waals surface area (Å²) >= 11 is 1.54. The highest BCUT2D eigenvalue weighted by Crippen LogP contribution is 2.27. The van der Waals surface area contributed by atoms with Gasteiger partial charge in [0.2, 0.25) is 0 Å². The van der Waals surface area contributed by atoms with E-state index in [-0.39, 0.29) is 6.61 Å². The summed E-state index contributed by atoms with van der Waals surface area (Å²) in [5.41, 5.74) is 9.98. The van der Waals surface area contributed by atoms with Crippen LogP contribution in [0.5, 0.6) is 0 Å². The number of fused-ring (bicyclic) bond motifs is 1. The molecule has 0 unspecified atom stereocenters. The van der Waals surface area contributed by atoms with Gasteiger partial charge >= 0.3 is 0 Å². The molecular weight excluding hydrogens is 272 g/mol. The van der Waals surface area contributed by atoms with Crippen molar-refractivity contribution >= 4 is 28.5 Å². The van der Waals surface area contributed by atoms with Gasteiger partial charge in [0, 0.05) is 17.5 Å². The van der Waals surface area contributed by atoms with E-state index in [0.29, 0.717) is 16.5 Å². The largest absolute Gasteiger partial charge is 0.431 e. The fourth-order valence-electron chi connectivity index (χ4n) is 1.87. The Kier molecular flexibility index (Phi) is 3.62. The second-order valence-electron chi connectivity index (χ2n) is 4.47. The lowest BCUT2D eigenvalue weighted by atomic mass is 10.2. The van der Waals surface area contributed by atoms with Gasteiger partial charge in [-0.3, -0.25) is 0 Å². The highest BCUT2D eigenvalue weighted by atomic mass is 32.2. The predicted octanol–water partition coefficient (Wildman–Crippen LogP) is 3.19. The zero-order valence-corrected chi connectivity index (χ0v) is 11.6. The molecule has 3 aromatic rings. The zero-order valence-electron chi connectivity index (χ0n) is 10.7. The van der Waals surface area contributed by atoms with Crippen molar-refractivity contribution in [1.29, 1.82) is 0 Å². The number of benzene rings is 2. The van der Waals surface area contributed by atoms with E-state index in [1.165, 1.54) is 11.8 Å². The summed E-state index contributed by atoms with van der Waals surface area (Å²) in [6.07, 6.45) is 0. The molecule has 3 N–H and O–H groups in total. The van der Waals surface area contributed by atoms with E-state index < -0.39 is 0 Å². The van der Waals surface area contributed by atoms with Crippen LogP contribution in [0.4, 0.5) is 5.69 Å². The highest BCUT2D eigenvalue weighted by molar-refractivity contribution is 7.98. The number of rotatable bonds is 4. The van der Waals surface area contributed by atoms with Crippen molar-refractivity contribution in [2.45, 2.75) is 17.6 Å². The Bertz CT molecular complexity index is 722. The van der Waals surface area contributed by atoms with E-state index in [1.54, 1.807) is 6.07 Å². The molecule has 0 aliphatic rings. The molecule has 0 spiro atoms. The number of aliphatic hydroxyl groups is 1. The summed E-state index contributed by atoms with van der Waals surface area (Å²) in [7, 11) is 0. The maximum absolute atomic E-state index is 9.00. The van der Waals surface area contributed by atoms with E-state index >= 15 is 0 Å². The van der Waals surface area contributed by atoms with E-state index in [4.69, 9.17) is 15.3 Å². The summed E-state index contributed by atoms with van der Waals surface area (Å²) in [5, 5.41) is 9.63. The van der Waals surface area contributed by atoms with Gasteiger partial charge in [-0.25, -0.2) is 4.98 Å². The van der Waals surface area contributed by atoms with Crippen molar-refractivity contribution in [3.05, 3.63) is 53.6 Å². The molecule has 0 radical (unpaired) electrons. The number of thioether (sulfide) groups is 1. The molecule has 0 atom stereocenters. The average molecular weight is 286 g/mol. The standard InChI is InChI=1S/C15H14N2O2S/c16-12-5-6-13-14(7-12)19-15(17-13)20-9-11-3-1-10(8-18)2-4-11/h1-7,18H,8-9,16H2. The summed E-state index contributed by atoms with van der Waals surface area (Å²) < 4.78 is 5.65. The molecule has 0 fully saturated rings. The quantitative estimate of drug-likeness (QED) is 0.569. The van der Waals surface area contributed by atoms with E-state index in [0.717, 1.165) is 22.4 Å². The maximum Gasteiger partial charge on any atom is 0.257 e. The van der Waals surface area contributed by atoms with Gasteiger partial charge in [-0.1, -0.05) is 36.0 Å². The minimum atomic E-state index is 0.0694. The Labute approximate surface area is 120 Å². The predicted molar refractivity (Wildman–Crippen MR) is 80.3 cm³/mol. The first-order chi connectivity index (χ1) is 9.74. The number of hydrogen-bond donors (Lipinski definition) is 2. The van der Waals surface area contributed by atoms with Crippen molar-refractivity contribution in [2.75, 3.05) is 5.73 Å². The van der Waals surface area contributed by atoms with Crippen LogP contribution in [-0.2, 0) is 12.4 Å². The molecule has 102 valence electrons. The lowest BCUT2D eigenvalue weighted by Crippen LogP contribution is -1.85.